The minimum atomic E-state index is 0.641. The first-order valence-corrected chi connectivity index (χ1v) is 4.31. The molecule has 59 valence electrons. The summed E-state index contributed by atoms with van der Waals surface area (Å²) in [6.45, 7) is 5.98. The molecule has 0 heterocycles. The summed E-state index contributed by atoms with van der Waals surface area (Å²) in [5.74, 6) is 0. The van der Waals surface area contributed by atoms with Gasteiger partial charge in [0.25, 0.3) is 0 Å². The molecule has 1 radical (unpaired) electrons. The molecule has 0 atom stereocenters. The van der Waals surface area contributed by atoms with Crippen molar-refractivity contribution < 1.29 is 0 Å². The van der Waals surface area contributed by atoms with Gasteiger partial charge in [-0.1, -0.05) is 22.0 Å². The zero-order chi connectivity index (χ0) is 8.59. The maximum atomic E-state index is 7.65. The quantitative estimate of drug-likeness (QED) is 0.631. The van der Waals surface area contributed by atoms with Crippen LogP contribution < -0.4 is 5.73 Å². The van der Waals surface area contributed by atoms with Gasteiger partial charge in [0.2, 0.25) is 0 Å². The average Bonchev–Trinajstić information content (AvgIpc) is 1.97. The van der Waals surface area contributed by atoms with Crippen LogP contribution in [0.25, 0.3) is 0 Å². The van der Waals surface area contributed by atoms with Gasteiger partial charge in [-0.2, -0.15) is 0 Å². The summed E-state index contributed by atoms with van der Waals surface area (Å²) < 4.78 is 1.06. The highest BCUT2D eigenvalue weighted by Gasteiger charge is 2.05. The Morgan fingerprint density at radius 2 is 1.73 bits per heavy atom. The molecule has 0 saturated carbocycles. The van der Waals surface area contributed by atoms with Gasteiger partial charge in [0.1, 0.15) is 0 Å². The fraction of sp³-hybridized carbons (Fsp3) is 0.333. The van der Waals surface area contributed by atoms with E-state index < -0.39 is 0 Å². The molecule has 0 aliphatic carbocycles. The van der Waals surface area contributed by atoms with E-state index in [9.17, 15) is 0 Å². The summed E-state index contributed by atoms with van der Waals surface area (Å²) in [4.78, 5) is 0. The first kappa shape index (κ1) is 8.60. The number of nitrogens with one attached hydrogen (secondary N) is 1. The summed E-state index contributed by atoms with van der Waals surface area (Å²) in [5, 5.41) is 0. The lowest BCUT2D eigenvalue weighted by Gasteiger charge is -2.07. The first-order chi connectivity index (χ1) is 5.04. The molecule has 0 amide bonds. The first-order valence-electron chi connectivity index (χ1n) is 3.52. The van der Waals surface area contributed by atoms with Gasteiger partial charge in [0.05, 0.1) is 5.69 Å². The third-order valence-electron chi connectivity index (χ3n) is 1.88. The Labute approximate surface area is 75.7 Å². The van der Waals surface area contributed by atoms with E-state index in [4.69, 9.17) is 5.73 Å². The Morgan fingerprint density at radius 3 is 2.27 bits per heavy atom. The van der Waals surface area contributed by atoms with Gasteiger partial charge in [-0.15, -0.1) is 0 Å². The minimum absolute atomic E-state index is 0.641. The van der Waals surface area contributed by atoms with Gasteiger partial charge in [0, 0.05) is 4.47 Å². The van der Waals surface area contributed by atoms with Crippen molar-refractivity contribution in [2.24, 2.45) is 0 Å². The second-order valence-electron chi connectivity index (χ2n) is 2.82. The molecule has 0 aliphatic heterocycles. The van der Waals surface area contributed by atoms with Gasteiger partial charge >= 0.3 is 0 Å². The summed E-state index contributed by atoms with van der Waals surface area (Å²) in [6, 6.07) is 2.03. The number of aryl methyl sites for hydroxylation is 2. The van der Waals surface area contributed by atoms with Crippen LogP contribution in [0.15, 0.2) is 10.5 Å². The van der Waals surface area contributed by atoms with Crippen LogP contribution in [-0.2, 0) is 0 Å². The lowest BCUT2D eigenvalue weighted by Crippen LogP contribution is -1.88. The summed E-state index contributed by atoms with van der Waals surface area (Å²) in [6.07, 6.45) is 0. The molecule has 1 N–H and O–H groups in total. The van der Waals surface area contributed by atoms with Crippen LogP contribution in [0.4, 0.5) is 5.69 Å². The molecular formula is C9H11BrN. The SMILES string of the molecule is Cc1cc(C)c(Br)c(C)c1[NH]. The Balaban J connectivity index is 3.46. The molecule has 0 fully saturated rings. The molecule has 1 rings (SSSR count). The van der Waals surface area contributed by atoms with E-state index >= 15 is 0 Å². The summed E-state index contributed by atoms with van der Waals surface area (Å²) >= 11 is 3.44. The highest BCUT2D eigenvalue weighted by Crippen LogP contribution is 2.29. The van der Waals surface area contributed by atoms with Gasteiger partial charge in [-0.3, -0.25) is 0 Å². The van der Waals surface area contributed by atoms with Crippen molar-refractivity contribution in [3.63, 3.8) is 0 Å². The van der Waals surface area contributed by atoms with E-state index in [1.54, 1.807) is 0 Å². The van der Waals surface area contributed by atoms with Crippen molar-refractivity contribution in [2.45, 2.75) is 20.8 Å². The van der Waals surface area contributed by atoms with E-state index in [-0.39, 0.29) is 0 Å². The molecule has 0 aliphatic rings. The Kier molecular flexibility index (Phi) is 2.23. The molecule has 2 heteroatoms. The van der Waals surface area contributed by atoms with E-state index in [1.165, 1.54) is 5.56 Å². The lowest BCUT2D eigenvalue weighted by molar-refractivity contribution is 1.25. The molecule has 1 nitrogen and oxygen atoms in total. The highest BCUT2D eigenvalue weighted by atomic mass is 79.9. The number of hydrogen-bond acceptors (Lipinski definition) is 0. The van der Waals surface area contributed by atoms with Crippen LogP contribution >= 0.6 is 15.9 Å². The van der Waals surface area contributed by atoms with E-state index in [0.717, 1.165) is 15.6 Å². The van der Waals surface area contributed by atoms with E-state index in [2.05, 4.69) is 15.9 Å². The van der Waals surface area contributed by atoms with Crippen LogP contribution in [0.1, 0.15) is 16.7 Å². The van der Waals surface area contributed by atoms with E-state index in [1.807, 2.05) is 26.8 Å². The third-order valence-corrected chi connectivity index (χ3v) is 3.10. The van der Waals surface area contributed by atoms with Crippen LogP contribution in [0, 0.1) is 20.8 Å². The molecule has 1 aromatic carbocycles. The summed E-state index contributed by atoms with van der Waals surface area (Å²) in [5.41, 5.74) is 11.6. The maximum Gasteiger partial charge on any atom is 0.0609 e. The van der Waals surface area contributed by atoms with Crippen LogP contribution in [0.3, 0.4) is 0 Å². The number of halogens is 1. The highest BCUT2D eigenvalue weighted by molar-refractivity contribution is 9.10. The largest absolute Gasteiger partial charge is 0.300 e. The zero-order valence-corrected chi connectivity index (χ0v) is 8.54. The molecule has 0 unspecified atom stereocenters. The predicted octanol–water partition coefficient (Wildman–Crippen LogP) is 3.29. The van der Waals surface area contributed by atoms with Crippen LogP contribution in [0.5, 0.6) is 0 Å². The minimum Gasteiger partial charge on any atom is -0.300 e. The Morgan fingerprint density at radius 1 is 1.18 bits per heavy atom. The molecular weight excluding hydrogens is 202 g/mol. The van der Waals surface area contributed by atoms with Gasteiger partial charge in [-0.25, -0.2) is 0 Å². The van der Waals surface area contributed by atoms with E-state index in [0.29, 0.717) is 5.69 Å². The van der Waals surface area contributed by atoms with Crippen molar-refractivity contribution >= 4 is 21.6 Å². The maximum absolute atomic E-state index is 7.65. The second-order valence-corrected chi connectivity index (χ2v) is 3.62. The van der Waals surface area contributed by atoms with Crippen LogP contribution in [-0.4, -0.2) is 0 Å². The predicted molar refractivity (Wildman–Crippen MR) is 51.1 cm³/mol. The Hall–Kier alpha value is -0.500. The molecule has 1 aromatic rings. The number of benzene rings is 1. The standard InChI is InChI=1S/C9H11BrN/c1-5-4-6(2)9(11)7(3)8(5)10/h4,11H,1-3H3. The normalized spacial score (nSPS) is 10.2. The molecule has 0 saturated heterocycles. The third kappa shape index (κ3) is 1.41. The second kappa shape index (κ2) is 2.86. The van der Waals surface area contributed by atoms with Crippen molar-refractivity contribution in [3.8, 4) is 0 Å². The smallest absolute Gasteiger partial charge is 0.0609 e. The molecule has 0 bridgehead atoms. The topological polar surface area (TPSA) is 23.8 Å². The number of rotatable bonds is 0. The molecule has 0 aromatic heterocycles. The van der Waals surface area contributed by atoms with Crippen molar-refractivity contribution in [3.05, 3.63) is 27.2 Å². The fourth-order valence-corrected chi connectivity index (χ4v) is 1.47. The molecule has 0 spiro atoms. The Bertz CT molecular complexity index is 266. The van der Waals surface area contributed by atoms with Gasteiger partial charge in [0.15, 0.2) is 0 Å². The molecule has 11 heavy (non-hydrogen) atoms. The summed E-state index contributed by atoms with van der Waals surface area (Å²) in [7, 11) is 0. The lowest BCUT2D eigenvalue weighted by atomic mass is 10.1. The van der Waals surface area contributed by atoms with Gasteiger partial charge in [-0.05, 0) is 37.5 Å². The van der Waals surface area contributed by atoms with Crippen molar-refractivity contribution in [2.75, 3.05) is 0 Å². The van der Waals surface area contributed by atoms with Crippen molar-refractivity contribution in [1.29, 1.82) is 0 Å². The fourth-order valence-electron chi connectivity index (χ4n) is 1.16. The van der Waals surface area contributed by atoms with Crippen molar-refractivity contribution in [1.82, 2.24) is 5.73 Å². The monoisotopic (exact) mass is 212 g/mol. The van der Waals surface area contributed by atoms with Crippen LogP contribution in [0.2, 0.25) is 0 Å². The number of hydrogen-bond donors (Lipinski definition) is 0. The van der Waals surface area contributed by atoms with Gasteiger partial charge < -0.3 is 5.73 Å². The average molecular weight is 213 g/mol. The zero-order valence-electron chi connectivity index (χ0n) is 6.96.